The highest BCUT2D eigenvalue weighted by atomic mass is 16.3. The Balaban J connectivity index is 1.92. The number of aromatic nitrogens is 2. The number of hydrazone groups is 1. The summed E-state index contributed by atoms with van der Waals surface area (Å²) in [7, 11) is 1.86. The Hall–Kier alpha value is -2.47. The highest BCUT2D eigenvalue weighted by Gasteiger charge is 2.06. The van der Waals surface area contributed by atoms with Gasteiger partial charge in [0.2, 0.25) is 0 Å². The van der Waals surface area contributed by atoms with E-state index in [0.29, 0.717) is 18.2 Å². The van der Waals surface area contributed by atoms with E-state index in [1.807, 2.05) is 48.3 Å². The van der Waals surface area contributed by atoms with Gasteiger partial charge in [-0.05, 0) is 24.6 Å². The van der Waals surface area contributed by atoms with Gasteiger partial charge in [-0.3, -0.25) is 5.43 Å². The second kappa shape index (κ2) is 7.35. The van der Waals surface area contributed by atoms with Crippen molar-refractivity contribution in [3.63, 3.8) is 0 Å². The zero-order valence-electron chi connectivity index (χ0n) is 12.1. The molecule has 1 heterocycles. The fourth-order valence-corrected chi connectivity index (χ4v) is 1.79. The molecule has 6 heteroatoms. The van der Waals surface area contributed by atoms with E-state index >= 15 is 0 Å². The molecule has 2 aromatic rings. The summed E-state index contributed by atoms with van der Waals surface area (Å²) in [5.74, 6) is 1.27. The molecule has 110 valence electrons. The maximum absolute atomic E-state index is 9.34. The molecular weight excluding hydrogens is 266 g/mol. The highest BCUT2D eigenvalue weighted by molar-refractivity contribution is 5.79. The van der Waals surface area contributed by atoms with Gasteiger partial charge in [0.05, 0.1) is 12.3 Å². The fourth-order valence-electron chi connectivity index (χ4n) is 1.79. The number of benzene rings is 1. The minimum atomic E-state index is -0.412. The first-order chi connectivity index (χ1) is 10.1. The van der Waals surface area contributed by atoms with Gasteiger partial charge in [0, 0.05) is 13.6 Å². The summed E-state index contributed by atoms with van der Waals surface area (Å²) in [4.78, 5) is 1.84. The number of aliphatic hydroxyl groups is 1. The van der Waals surface area contributed by atoms with Gasteiger partial charge in [0.25, 0.3) is 0 Å². The minimum absolute atomic E-state index is 0.412. The van der Waals surface area contributed by atoms with E-state index < -0.39 is 6.10 Å². The van der Waals surface area contributed by atoms with Crippen molar-refractivity contribution < 1.29 is 5.11 Å². The molecular formula is C15H19N5O. The molecule has 0 saturated carbocycles. The van der Waals surface area contributed by atoms with E-state index in [1.54, 1.807) is 19.2 Å². The Morgan fingerprint density at radius 1 is 1.24 bits per heavy atom. The van der Waals surface area contributed by atoms with Gasteiger partial charge in [0.1, 0.15) is 0 Å². The fraction of sp³-hybridized carbons (Fsp3) is 0.267. The first-order valence-corrected chi connectivity index (χ1v) is 6.72. The van der Waals surface area contributed by atoms with Gasteiger partial charge < -0.3 is 10.0 Å². The standard InChI is InChI=1S/C15H19N5O/c1-12(21)11-20(2)15-9-8-14(18-19-15)17-16-10-13-6-4-3-5-7-13/h3-10,12,21H,11H2,1-2H3,(H,17,18)/b16-10+. The predicted octanol–water partition coefficient (Wildman–Crippen LogP) is 1.74. The molecule has 1 aromatic carbocycles. The maximum atomic E-state index is 9.34. The van der Waals surface area contributed by atoms with Crippen molar-refractivity contribution in [2.24, 2.45) is 5.10 Å². The van der Waals surface area contributed by atoms with Gasteiger partial charge in [-0.25, -0.2) is 0 Å². The number of hydrogen-bond donors (Lipinski definition) is 2. The number of aliphatic hydroxyl groups excluding tert-OH is 1. The van der Waals surface area contributed by atoms with Gasteiger partial charge >= 0.3 is 0 Å². The van der Waals surface area contributed by atoms with E-state index in [1.165, 1.54) is 0 Å². The zero-order valence-corrected chi connectivity index (χ0v) is 12.1. The highest BCUT2D eigenvalue weighted by Crippen LogP contribution is 2.10. The summed E-state index contributed by atoms with van der Waals surface area (Å²) in [5.41, 5.74) is 3.83. The van der Waals surface area contributed by atoms with Crippen LogP contribution in [-0.2, 0) is 0 Å². The van der Waals surface area contributed by atoms with Crippen LogP contribution in [0.15, 0.2) is 47.6 Å². The lowest BCUT2D eigenvalue weighted by molar-refractivity contribution is 0.201. The molecule has 0 bridgehead atoms. The molecule has 21 heavy (non-hydrogen) atoms. The van der Waals surface area contributed by atoms with E-state index in [-0.39, 0.29) is 0 Å². The van der Waals surface area contributed by atoms with E-state index in [4.69, 9.17) is 0 Å². The lowest BCUT2D eigenvalue weighted by atomic mass is 10.2. The summed E-state index contributed by atoms with van der Waals surface area (Å²) in [6.45, 7) is 2.24. The Labute approximate surface area is 124 Å². The van der Waals surface area contributed by atoms with Gasteiger partial charge in [-0.1, -0.05) is 30.3 Å². The maximum Gasteiger partial charge on any atom is 0.168 e. The van der Waals surface area contributed by atoms with Crippen LogP contribution in [0, 0.1) is 0 Å². The van der Waals surface area contributed by atoms with Crippen LogP contribution in [0.4, 0.5) is 11.6 Å². The smallest absolute Gasteiger partial charge is 0.168 e. The molecule has 0 aliphatic heterocycles. The first kappa shape index (κ1) is 14.9. The van der Waals surface area contributed by atoms with Crippen LogP contribution >= 0.6 is 0 Å². The summed E-state index contributed by atoms with van der Waals surface area (Å²) in [6.07, 6.45) is 1.31. The van der Waals surface area contributed by atoms with Crippen LogP contribution in [0.25, 0.3) is 0 Å². The zero-order chi connectivity index (χ0) is 15.1. The van der Waals surface area contributed by atoms with Gasteiger partial charge in [-0.15, -0.1) is 10.2 Å². The van der Waals surface area contributed by atoms with Crippen molar-refractivity contribution in [1.29, 1.82) is 0 Å². The van der Waals surface area contributed by atoms with Crippen molar-refractivity contribution in [3.05, 3.63) is 48.0 Å². The van der Waals surface area contributed by atoms with Crippen LogP contribution in [-0.4, -0.2) is 41.2 Å². The largest absolute Gasteiger partial charge is 0.392 e. The molecule has 2 N–H and O–H groups in total. The number of likely N-dealkylation sites (N-methyl/N-ethyl adjacent to an activating group) is 1. The van der Waals surface area contributed by atoms with Crippen molar-refractivity contribution in [2.45, 2.75) is 13.0 Å². The van der Waals surface area contributed by atoms with E-state index in [0.717, 1.165) is 5.56 Å². The number of hydrogen-bond acceptors (Lipinski definition) is 6. The van der Waals surface area contributed by atoms with Crippen LogP contribution in [0.2, 0.25) is 0 Å². The summed E-state index contributed by atoms with van der Waals surface area (Å²) < 4.78 is 0. The molecule has 0 spiro atoms. The monoisotopic (exact) mass is 285 g/mol. The molecule has 1 atom stereocenters. The van der Waals surface area contributed by atoms with Crippen LogP contribution < -0.4 is 10.3 Å². The molecule has 1 unspecified atom stereocenters. The van der Waals surface area contributed by atoms with Crippen molar-refractivity contribution in [1.82, 2.24) is 10.2 Å². The van der Waals surface area contributed by atoms with Crippen LogP contribution in [0.1, 0.15) is 12.5 Å². The summed E-state index contributed by atoms with van der Waals surface area (Å²) in [5, 5.41) is 21.6. The number of nitrogens with one attached hydrogen (secondary N) is 1. The van der Waals surface area contributed by atoms with Crippen molar-refractivity contribution >= 4 is 17.9 Å². The normalized spacial score (nSPS) is 12.3. The second-order valence-electron chi connectivity index (χ2n) is 4.79. The van der Waals surface area contributed by atoms with Gasteiger partial charge in [0.15, 0.2) is 11.6 Å². The Bertz CT molecular complexity index is 568. The average Bonchev–Trinajstić information content (AvgIpc) is 2.48. The molecule has 0 saturated heterocycles. The number of nitrogens with zero attached hydrogens (tertiary/aromatic N) is 4. The van der Waals surface area contributed by atoms with Gasteiger partial charge in [-0.2, -0.15) is 5.10 Å². The van der Waals surface area contributed by atoms with Crippen LogP contribution in [0.3, 0.4) is 0 Å². The number of anilines is 2. The first-order valence-electron chi connectivity index (χ1n) is 6.72. The lowest BCUT2D eigenvalue weighted by Gasteiger charge is -2.18. The molecule has 1 aromatic heterocycles. The van der Waals surface area contributed by atoms with Crippen LogP contribution in [0.5, 0.6) is 0 Å². The summed E-state index contributed by atoms with van der Waals surface area (Å²) >= 11 is 0. The number of rotatable bonds is 6. The van der Waals surface area contributed by atoms with Crippen molar-refractivity contribution in [3.8, 4) is 0 Å². The molecule has 0 aliphatic carbocycles. The van der Waals surface area contributed by atoms with E-state index in [9.17, 15) is 5.11 Å². The second-order valence-corrected chi connectivity index (χ2v) is 4.79. The molecule has 6 nitrogen and oxygen atoms in total. The SMILES string of the molecule is CC(O)CN(C)c1ccc(N/N=C/c2ccccc2)nn1. The predicted molar refractivity (Wildman–Crippen MR) is 84.6 cm³/mol. The lowest BCUT2D eigenvalue weighted by Crippen LogP contribution is -2.27. The Morgan fingerprint density at radius 2 is 2.00 bits per heavy atom. The Kier molecular flexibility index (Phi) is 5.22. The van der Waals surface area contributed by atoms with E-state index in [2.05, 4.69) is 20.7 Å². The molecule has 0 aliphatic rings. The third-order valence-electron chi connectivity index (χ3n) is 2.77. The molecule has 0 amide bonds. The Morgan fingerprint density at radius 3 is 2.62 bits per heavy atom. The average molecular weight is 285 g/mol. The van der Waals surface area contributed by atoms with Crippen molar-refractivity contribution in [2.75, 3.05) is 23.9 Å². The third kappa shape index (κ3) is 4.85. The quantitative estimate of drug-likeness (QED) is 0.624. The molecule has 0 fully saturated rings. The minimum Gasteiger partial charge on any atom is -0.392 e. The molecule has 2 rings (SSSR count). The third-order valence-corrected chi connectivity index (χ3v) is 2.77. The molecule has 0 radical (unpaired) electrons. The summed E-state index contributed by atoms with van der Waals surface area (Å²) in [6, 6.07) is 13.4. The topological polar surface area (TPSA) is 73.6 Å².